The molecule has 6 heteroatoms. The topological polar surface area (TPSA) is 64.0 Å². The standard InChI is InChI=1S/C21H18ClN3O2/c1-3-25-13-17(19(26)16-11-10-14(2)24-20(16)25)21(27)23-12-6-8-15-7-4-5-9-18(15)22/h4-5,7,9-11,13H,3,12H2,1-2H3,(H,23,27). The van der Waals surface area contributed by atoms with Crippen LogP contribution in [0.3, 0.4) is 0 Å². The second-order valence-electron chi connectivity index (χ2n) is 5.95. The van der Waals surface area contributed by atoms with Crippen molar-refractivity contribution >= 4 is 28.5 Å². The van der Waals surface area contributed by atoms with Crippen LogP contribution in [0.4, 0.5) is 0 Å². The van der Waals surface area contributed by atoms with Crippen LogP contribution in [0, 0.1) is 18.8 Å². The van der Waals surface area contributed by atoms with Gasteiger partial charge in [0.1, 0.15) is 11.2 Å². The van der Waals surface area contributed by atoms with Crippen molar-refractivity contribution in [2.24, 2.45) is 0 Å². The normalized spacial score (nSPS) is 10.3. The highest BCUT2D eigenvalue weighted by molar-refractivity contribution is 6.31. The number of halogens is 1. The second-order valence-corrected chi connectivity index (χ2v) is 6.35. The minimum Gasteiger partial charge on any atom is -0.341 e. The number of aryl methyl sites for hydroxylation is 2. The Kier molecular flexibility index (Phi) is 5.58. The summed E-state index contributed by atoms with van der Waals surface area (Å²) in [6.45, 7) is 4.51. The number of pyridine rings is 2. The van der Waals surface area contributed by atoms with Crippen molar-refractivity contribution in [2.75, 3.05) is 6.54 Å². The number of aromatic nitrogens is 2. The molecule has 0 aliphatic carbocycles. The first-order chi connectivity index (χ1) is 13.0. The molecular weight excluding hydrogens is 362 g/mol. The van der Waals surface area contributed by atoms with E-state index < -0.39 is 5.91 Å². The van der Waals surface area contributed by atoms with Crippen molar-refractivity contribution in [3.8, 4) is 11.8 Å². The van der Waals surface area contributed by atoms with Gasteiger partial charge in [-0.25, -0.2) is 4.98 Å². The van der Waals surface area contributed by atoms with Crippen molar-refractivity contribution in [1.82, 2.24) is 14.9 Å². The fourth-order valence-electron chi connectivity index (χ4n) is 2.68. The smallest absolute Gasteiger partial charge is 0.257 e. The average Bonchev–Trinajstić information content (AvgIpc) is 2.66. The van der Waals surface area contributed by atoms with Gasteiger partial charge in [0.15, 0.2) is 0 Å². The lowest BCUT2D eigenvalue weighted by Crippen LogP contribution is -2.30. The number of fused-ring (bicyclic) bond motifs is 1. The van der Waals surface area contributed by atoms with Crippen LogP contribution in [-0.4, -0.2) is 22.0 Å². The number of hydrogen-bond acceptors (Lipinski definition) is 3. The van der Waals surface area contributed by atoms with Gasteiger partial charge in [-0.05, 0) is 38.1 Å². The largest absolute Gasteiger partial charge is 0.341 e. The summed E-state index contributed by atoms with van der Waals surface area (Å²) < 4.78 is 1.80. The molecule has 0 unspecified atom stereocenters. The highest BCUT2D eigenvalue weighted by Gasteiger charge is 2.15. The highest BCUT2D eigenvalue weighted by Crippen LogP contribution is 2.13. The number of carbonyl (C=O) groups excluding carboxylic acids is 1. The van der Waals surface area contributed by atoms with E-state index in [4.69, 9.17) is 11.6 Å². The zero-order chi connectivity index (χ0) is 19.4. The molecule has 1 aromatic carbocycles. The van der Waals surface area contributed by atoms with Gasteiger partial charge < -0.3 is 9.88 Å². The van der Waals surface area contributed by atoms with Crippen molar-refractivity contribution in [3.63, 3.8) is 0 Å². The predicted octanol–water partition coefficient (Wildman–Crippen LogP) is 3.16. The van der Waals surface area contributed by atoms with Crippen molar-refractivity contribution < 1.29 is 4.79 Å². The molecule has 1 N–H and O–H groups in total. The summed E-state index contributed by atoms with van der Waals surface area (Å²) in [6, 6.07) is 10.7. The van der Waals surface area contributed by atoms with Gasteiger partial charge in [0.2, 0.25) is 5.43 Å². The van der Waals surface area contributed by atoms with Gasteiger partial charge in [-0.3, -0.25) is 9.59 Å². The first-order valence-electron chi connectivity index (χ1n) is 8.53. The highest BCUT2D eigenvalue weighted by atomic mass is 35.5. The summed E-state index contributed by atoms with van der Waals surface area (Å²) in [4.78, 5) is 29.6. The summed E-state index contributed by atoms with van der Waals surface area (Å²) in [5, 5.41) is 3.65. The Morgan fingerprint density at radius 1 is 1.26 bits per heavy atom. The molecule has 0 bridgehead atoms. The molecule has 27 heavy (non-hydrogen) atoms. The van der Waals surface area contributed by atoms with E-state index in [1.54, 1.807) is 35.0 Å². The van der Waals surface area contributed by atoms with Gasteiger partial charge in [0.05, 0.1) is 17.0 Å². The molecule has 3 aromatic rings. The molecule has 0 atom stereocenters. The van der Waals surface area contributed by atoms with E-state index in [1.165, 1.54) is 0 Å². The molecule has 0 spiro atoms. The lowest BCUT2D eigenvalue weighted by molar-refractivity contribution is 0.0957. The van der Waals surface area contributed by atoms with Gasteiger partial charge in [-0.2, -0.15) is 0 Å². The molecule has 0 aliphatic heterocycles. The molecule has 1 amide bonds. The summed E-state index contributed by atoms with van der Waals surface area (Å²) in [5.74, 6) is 5.29. The van der Waals surface area contributed by atoms with Crippen LogP contribution in [0.25, 0.3) is 11.0 Å². The van der Waals surface area contributed by atoms with Gasteiger partial charge in [0.25, 0.3) is 5.91 Å². The maximum absolute atomic E-state index is 12.7. The first kappa shape index (κ1) is 18.7. The third-order valence-electron chi connectivity index (χ3n) is 4.08. The summed E-state index contributed by atoms with van der Waals surface area (Å²) in [7, 11) is 0. The van der Waals surface area contributed by atoms with Crippen LogP contribution in [0.15, 0.2) is 47.4 Å². The van der Waals surface area contributed by atoms with Crippen LogP contribution in [-0.2, 0) is 6.54 Å². The minimum atomic E-state index is -0.460. The molecular formula is C21H18ClN3O2. The maximum atomic E-state index is 12.7. The average molecular weight is 380 g/mol. The van der Waals surface area contributed by atoms with E-state index in [0.717, 1.165) is 5.69 Å². The maximum Gasteiger partial charge on any atom is 0.257 e. The van der Waals surface area contributed by atoms with E-state index in [9.17, 15) is 9.59 Å². The van der Waals surface area contributed by atoms with Crippen LogP contribution in [0.2, 0.25) is 5.02 Å². The van der Waals surface area contributed by atoms with Gasteiger partial charge in [-0.1, -0.05) is 35.6 Å². The Morgan fingerprint density at radius 3 is 2.78 bits per heavy atom. The molecule has 136 valence electrons. The number of carbonyl (C=O) groups is 1. The molecule has 0 radical (unpaired) electrons. The third kappa shape index (κ3) is 4.02. The lowest BCUT2D eigenvalue weighted by atomic mass is 10.1. The van der Waals surface area contributed by atoms with Crippen LogP contribution in [0.1, 0.15) is 28.5 Å². The second kappa shape index (κ2) is 8.07. The fraction of sp³-hybridized carbons (Fsp3) is 0.190. The number of benzene rings is 1. The zero-order valence-electron chi connectivity index (χ0n) is 15.0. The number of rotatable bonds is 3. The summed E-state index contributed by atoms with van der Waals surface area (Å²) in [6.07, 6.45) is 1.55. The van der Waals surface area contributed by atoms with Crippen molar-refractivity contribution in [2.45, 2.75) is 20.4 Å². The van der Waals surface area contributed by atoms with E-state index in [1.807, 2.05) is 26.0 Å². The molecule has 5 nitrogen and oxygen atoms in total. The van der Waals surface area contributed by atoms with Crippen LogP contribution >= 0.6 is 11.6 Å². The number of hydrogen-bond donors (Lipinski definition) is 1. The Labute approximate surface area is 162 Å². The van der Waals surface area contributed by atoms with Gasteiger partial charge in [0, 0.05) is 24.0 Å². The first-order valence-corrected chi connectivity index (χ1v) is 8.91. The quantitative estimate of drug-likeness (QED) is 0.711. The van der Waals surface area contributed by atoms with Gasteiger partial charge in [-0.15, -0.1) is 0 Å². The summed E-state index contributed by atoms with van der Waals surface area (Å²) in [5.41, 5.74) is 1.83. The molecule has 2 aromatic heterocycles. The number of nitrogens with one attached hydrogen (secondary N) is 1. The van der Waals surface area contributed by atoms with Crippen LogP contribution in [0.5, 0.6) is 0 Å². The Morgan fingerprint density at radius 2 is 2.04 bits per heavy atom. The predicted molar refractivity (Wildman–Crippen MR) is 107 cm³/mol. The van der Waals surface area contributed by atoms with E-state index in [2.05, 4.69) is 22.1 Å². The Balaban J connectivity index is 1.84. The van der Waals surface area contributed by atoms with E-state index >= 15 is 0 Å². The zero-order valence-corrected chi connectivity index (χ0v) is 15.8. The molecule has 0 aliphatic rings. The fourth-order valence-corrected chi connectivity index (χ4v) is 2.87. The molecule has 0 saturated carbocycles. The summed E-state index contributed by atoms with van der Waals surface area (Å²) >= 11 is 6.04. The lowest BCUT2D eigenvalue weighted by Gasteiger charge is -2.11. The van der Waals surface area contributed by atoms with Crippen molar-refractivity contribution in [3.05, 3.63) is 74.7 Å². The van der Waals surface area contributed by atoms with Gasteiger partial charge >= 0.3 is 0 Å². The van der Waals surface area contributed by atoms with Crippen LogP contribution < -0.4 is 10.7 Å². The van der Waals surface area contributed by atoms with E-state index in [0.29, 0.717) is 28.2 Å². The molecule has 0 saturated heterocycles. The third-order valence-corrected chi connectivity index (χ3v) is 4.41. The molecule has 3 rings (SSSR count). The number of amides is 1. The Bertz CT molecular complexity index is 1140. The molecule has 2 heterocycles. The monoisotopic (exact) mass is 379 g/mol. The minimum absolute atomic E-state index is 0.0783. The number of nitrogens with zero attached hydrogens (tertiary/aromatic N) is 2. The Hall–Kier alpha value is -3.10. The SMILES string of the molecule is CCn1cc(C(=O)NCC#Cc2ccccc2Cl)c(=O)c2ccc(C)nc21. The molecule has 0 fully saturated rings. The van der Waals surface area contributed by atoms with E-state index in [-0.39, 0.29) is 17.5 Å². The van der Waals surface area contributed by atoms with Crippen molar-refractivity contribution in [1.29, 1.82) is 0 Å².